The Morgan fingerprint density at radius 2 is 1.81 bits per heavy atom. The lowest BCUT2D eigenvalue weighted by Gasteiger charge is -2.19. The van der Waals surface area contributed by atoms with Crippen LogP contribution in [0.3, 0.4) is 0 Å². The van der Waals surface area contributed by atoms with Crippen LogP contribution in [0.2, 0.25) is 0 Å². The van der Waals surface area contributed by atoms with E-state index in [0.717, 1.165) is 17.3 Å². The highest BCUT2D eigenvalue weighted by atomic mass is 32.2. The minimum absolute atomic E-state index is 0.0118. The molecule has 0 atom stereocenters. The first-order valence-corrected chi connectivity index (χ1v) is 11.9. The summed E-state index contributed by atoms with van der Waals surface area (Å²) in [5, 5.41) is 16.3. The van der Waals surface area contributed by atoms with E-state index in [1.165, 1.54) is 28.4 Å². The van der Waals surface area contributed by atoms with Crippen molar-refractivity contribution in [2.75, 3.05) is 16.9 Å². The van der Waals surface area contributed by atoms with Crippen LogP contribution in [0.4, 0.5) is 5.69 Å². The van der Waals surface area contributed by atoms with Gasteiger partial charge in [-0.3, -0.25) is 4.79 Å². The van der Waals surface area contributed by atoms with Crippen molar-refractivity contribution < 1.29 is 13.2 Å². The Hall–Kier alpha value is -2.89. The summed E-state index contributed by atoms with van der Waals surface area (Å²) in [4.78, 5) is 12.2. The van der Waals surface area contributed by atoms with E-state index < -0.39 is 10.0 Å². The van der Waals surface area contributed by atoms with E-state index in [1.807, 2.05) is 24.3 Å². The summed E-state index contributed by atoms with van der Waals surface area (Å²) in [7, 11) is -3.85. The van der Waals surface area contributed by atoms with E-state index in [4.69, 9.17) is 11.0 Å². The normalized spacial score (nSPS) is 12.0. The lowest BCUT2D eigenvalue weighted by atomic mass is 9.87. The standard InChI is InChI=1S/C20H24N6O3S2/c1-20(2,3)14-9-7-13(8-10-14)18-24-25-19(26(18)21)30-12-17(27)23-15-5-4-6-16(11-15)31(22,28)29/h4-11H,12,21H2,1-3H3,(H,23,27)(H2,22,28,29). The zero-order chi connectivity index (χ0) is 22.8. The number of carbonyl (C=O) groups is 1. The third kappa shape index (κ3) is 5.63. The van der Waals surface area contributed by atoms with Crippen LogP contribution in [0.15, 0.2) is 58.6 Å². The van der Waals surface area contributed by atoms with Gasteiger partial charge in [0, 0.05) is 11.3 Å². The van der Waals surface area contributed by atoms with E-state index in [1.54, 1.807) is 6.07 Å². The van der Waals surface area contributed by atoms with Gasteiger partial charge in [0.2, 0.25) is 21.1 Å². The molecule has 11 heteroatoms. The van der Waals surface area contributed by atoms with E-state index in [-0.39, 0.29) is 22.0 Å². The van der Waals surface area contributed by atoms with Crippen molar-refractivity contribution in [1.29, 1.82) is 0 Å². The smallest absolute Gasteiger partial charge is 0.238 e. The molecule has 2 aromatic carbocycles. The van der Waals surface area contributed by atoms with Crippen molar-refractivity contribution in [3.63, 3.8) is 0 Å². The van der Waals surface area contributed by atoms with Gasteiger partial charge in [0.15, 0.2) is 5.82 Å². The third-order valence-corrected chi connectivity index (χ3v) is 6.31. The summed E-state index contributed by atoms with van der Waals surface area (Å²) in [6, 6.07) is 13.6. The number of amides is 1. The molecule has 1 amide bonds. The van der Waals surface area contributed by atoms with Crippen molar-refractivity contribution in [1.82, 2.24) is 14.9 Å². The molecule has 5 N–H and O–H groups in total. The number of primary sulfonamides is 1. The summed E-state index contributed by atoms with van der Waals surface area (Å²) in [6.07, 6.45) is 0. The van der Waals surface area contributed by atoms with Gasteiger partial charge < -0.3 is 11.2 Å². The number of benzene rings is 2. The fourth-order valence-electron chi connectivity index (χ4n) is 2.77. The van der Waals surface area contributed by atoms with E-state index in [2.05, 4.69) is 36.3 Å². The van der Waals surface area contributed by atoms with Crippen molar-refractivity contribution in [2.24, 2.45) is 5.14 Å². The summed E-state index contributed by atoms with van der Waals surface area (Å²) >= 11 is 1.12. The van der Waals surface area contributed by atoms with Crippen molar-refractivity contribution >= 4 is 33.4 Å². The first kappa shape index (κ1) is 22.8. The average Bonchev–Trinajstić information content (AvgIpc) is 3.06. The topological polar surface area (TPSA) is 146 Å². The van der Waals surface area contributed by atoms with Gasteiger partial charge in [-0.25, -0.2) is 18.2 Å². The van der Waals surface area contributed by atoms with Crippen LogP contribution >= 0.6 is 11.8 Å². The SMILES string of the molecule is CC(C)(C)c1ccc(-c2nnc(SCC(=O)Nc3cccc(S(N)(=O)=O)c3)n2N)cc1. The molecule has 0 unspecified atom stereocenters. The summed E-state index contributed by atoms with van der Waals surface area (Å²) in [5.41, 5.74) is 2.37. The fraction of sp³-hybridized carbons (Fsp3) is 0.250. The van der Waals surface area contributed by atoms with Gasteiger partial charge in [0.1, 0.15) is 0 Å². The lowest BCUT2D eigenvalue weighted by Crippen LogP contribution is -2.17. The molecule has 31 heavy (non-hydrogen) atoms. The van der Waals surface area contributed by atoms with Gasteiger partial charge in [-0.15, -0.1) is 10.2 Å². The van der Waals surface area contributed by atoms with Gasteiger partial charge in [0.25, 0.3) is 0 Å². The molecule has 0 radical (unpaired) electrons. The zero-order valence-electron chi connectivity index (χ0n) is 17.4. The summed E-state index contributed by atoms with van der Waals surface area (Å²) in [5.74, 6) is 6.27. The van der Waals surface area contributed by atoms with Crippen LogP contribution in [0.25, 0.3) is 11.4 Å². The fourth-order valence-corrected chi connectivity index (χ4v) is 3.99. The number of thioether (sulfide) groups is 1. The Bertz CT molecular complexity index is 1200. The first-order chi connectivity index (χ1) is 14.4. The van der Waals surface area contributed by atoms with Gasteiger partial charge in [-0.05, 0) is 29.2 Å². The number of hydrogen-bond acceptors (Lipinski definition) is 7. The number of carbonyl (C=O) groups excluding carboxylic acids is 1. The van der Waals surface area contributed by atoms with Gasteiger partial charge in [0.05, 0.1) is 10.6 Å². The molecule has 3 rings (SSSR count). The lowest BCUT2D eigenvalue weighted by molar-refractivity contribution is -0.113. The Labute approximate surface area is 185 Å². The van der Waals surface area contributed by atoms with Crippen LogP contribution in [0, 0.1) is 0 Å². The van der Waals surface area contributed by atoms with Crippen molar-refractivity contribution in [3.8, 4) is 11.4 Å². The number of hydrogen-bond donors (Lipinski definition) is 3. The Balaban J connectivity index is 1.66. The molecular formula is C20H24N6O3S2. The molecule has 0 fully saturated rings. The van der Waals surface area contributed by atoms with Crippen LogP contribution in [0.1, 0.15) is 26.3 Å². The molecule has 0 aliphatic rings. The zero-order valence-corrected chi connectivity index (χ0v) is 19.0. The molecule has 0 aliphatic carbocycles. The molecule has 0 bridgehead atoms. The number of nitrogen functional groups attached to an aromatic ring is 1. The molecule has 0 saturated heterocycles. The molecule has 1 aromatic heterocycles. The van der Waals surface area contributed by atoms with Crippen LogP contribution in [0.5, 0.6) is 0 Å². The molecule has 9 nitrogen and oxygen atoms in total. The molecule has 164 valence electrons. The van der Waals surface area contributed by atoms with Gasteiger partial charge in [-0.1, -0.05) is 62.9 Å². The quantitative estimate of drug-likeness (QED) is 0.378. The number of rotatable bonds is 6. The second-order valence-corrected chi connectivity index (χ2v) is 10.4. The van der Waals surface area contributed by atoms with Crippen molar-refractivity contribution in [3.05, 3.63) is 54.1 Å². The third-order valence-electron chi connectivity index (χ3n) is 4.45. The van der Waals surface area contributed by atoms with Crippen LogP contribution < -0.4 is 16.3 Å². The highest BCUT2D eigenvalue weighted by Crippen LogP contribution is 2.26. The van der Waals surface area contributed by atoms with Crippen molar-refractivity contribution in [2.45, 2.75) is 36.2 Å². The predicted molar refractivity (Wildman–Crippen MR) is 121 cm³/mol. The maximum absolute atomic E-state index is 12.3. The molecule has 3 aromatic rings. The van der Waals surface area contributed by atoms with Gasteiger partial charge >= 0.3 is 0 Å². The maximum Gasteiger partial charge on any atom is 0.238 e. The van der Waals surface area contributed by atoms with E-state index in [9.17, 15) is 13.2 Å². The minimum atomic E-state index is -3.85. The first-order valence-electron chi connectivity index (χ1n) is 9.32. The second-order valence-electron chi connectivity index (χ2n) is 7.91. The number of nitrogens with zero attached hydrogens (tertiary/aromatic N) is 3. The highest BCUT2D eigenvalue weighted by molar-refractivity contribution is 7.99. The number of sulfonamides is 1. The molecular weight excluding hydrogens is 436 g/mol. The minimum Gasteiger partial charge on any atom is -0.335 e. The molecule has 1 heterocycles. The maximum atomic E-state index is 12.3. The molecule has 0 aliphatic heterocycles. The second kappa shape index (κ2) is 8.69. The Morgan fingerprint density at radius 3 is 2.42 bits per heavy atom. The van der Waals surface area contributed by atoms with E-state index in [0.29, 0.717) is 16.7 Å². The summed E-state index contributed by atoms with van der Waals surface area (Å²) in [6.45, 7) is 6.41. The van der Waals surface area contributed by atoms with Crippen LogP contribution in [-0.2, 0) is 20.2 Å². The number of aromatic nitrogens is 3. The Morgan fingerprint density at radius 1 is 1.13 bits per heavy atom. The van der Waals surface area contributed by atoms with E-state index >= 15 is 0 Å². The van der Waals surface area contributed by atoms with Gasteiger partial charge in [-0.2, -0.15) is 0 Å². The molecule has 0 saturated carbocycles. The summed E-state index contributed by atoms with van der Waals surface area (Å²) < 4.78 is 24.2. The molecule has 0 spiro atoms. The number of nitrogens with one attached hydrogen (secondary N) is 1. The average molecular weight is 461 g/mol. The predicted octanol–water partition coefficient (Wildman–Crippen LogP) is 2.33. The number of nitrogens with two attached hydrogens (primary N) is 2. The van der Waals surface area contributed by atoms with Crippen LogP contribution in [-0.4, -0.2) is 35.0 Å². The highest BCUT2D eigenvalue weighted by Gasteiger charge is 2.17. The Kier molecular flexibility index (Phi) is 6.39. The monoisotopic (exact) mass is 460 g/mol. The number of anilines is 1. The largest absolute Gasteiger partial charge is 0.335 e.